The van der Waals surface area contributed by atoms with Crippen molar-refractivity contribution in [2.45, 2.75) is 142 Å². The number of carbonyl (C=O) groups excluding carboxylic acids is 2. The van der Waals surface area contributed by atoms with E-state index in [1.807, 2.05) is 21.1 Å². The van der Waals surface area contributed by atoms with Crippen LogP contribution in [0.25, 0.3) is 0 Å². The zero-order chi connectivity index (χ0) is 33.7. The van der Waals surface area contributed by atoms with Crippen LogP contribution < -0.4 is 0 Å². The van der Waals surface area contributed by atoms with Crippen LogP contribution in [0, 0.1) is 0 Å². The molecular weight excluding hydrogens is 593 g/mol. The maximum Gasteiger partial charge on any atom is 0.472 e. The van der Waals surface area contributed by atoms with Crippen molar-refractivity contribution >= 4 is 19.8 Å². The van der Waals surface area contributed by atoms with Gasteiger partial charge in [0.05, 0.1) is 27.7 Å². The van der Waals surface area contributed by atoms with E-state index in [0.717, 1.165) is 64.2 Å². The smallest absolute Gasteiger partial charge is 0.462 e. The zero-order valence-corrected chi connectivity index (χ0v) is 30.2. The first-order valence-electron chi connectivity index (χ1n) is 17.6. The predicted molar refractivity (Wildman–Crippen MR) is 183 cm³/mol. The van der Waals surface area contributed by atoms with Gasteiger partial charge in [0, 0.05) is 12.8 Å². The minimum atomic E-state index is -4.36. The number of esters is 2. The maximum atomic E-state index is 12.5. The highest BCUT2D eigenvalue weighted by molar-refractivity contribution is 7.47. The lowest BCUT2D eigenvalue weighted by atomic mass is 10.1. The van der Waals surface area contributed by atoms with E-state index >= 15 is 0 Å². The van der Waals surface area contributed by atoms with Crippen LogP contribution in [0.15, 0.2) is 24.3 Å². The molecule has 0 heterocycles. The molecule has 0 saturated heterocycles. The molecule has 2 atom stereocenters. The first kappa shape index (κ1) is 43.5. The third-order valence-corrected chi connectivity index (χ3v) is 8.20. The Labute approximate surface area is 275 Å². The average Bonchev–Trinajstić information content (AvgIpc) is 2.97. The van der Waals surface area contributed by atoms with E-state index in [4.69, 9.17) is 18.5 Å². The van der Waals surface area contributed by atoms with Gasteiger partial charge < -0.3 is 18.9 Å². The third-order valence-electron chi connectivity index (χ3n) is 7.22. The van der Waals surface area contributed by atoms with Crippen molar-refractivity contribution < 1.29 is 42.1 Å². The standard InChI is InChI=1S/C35H66NO8P/c1-6-8-10-12-14-16-17-18-19-20-22-24-26-28-35(38)44-33(32-43-45(39,40)42-30-29-36(3,4)5)31-41-34(37)27-25-23-21-15-13-11-9-7-2/h10,12,16-17,33H,6-9,11,13-15,18-32H2,1-5H3/p+1/b12-10-,17-16-. The fraction of sp³-hybridized carbons (Fsp3) is 0.829. The van der Waals surface area contributed by atoms with E-state index in [-0.39, 0.29) is 32.0 Å². The summed E-state index contributed by atoms with van der Waals surface area (Å²) >= 11 is 0. The van der Waals surface area contributed by atoms with Crippen molar-refractivity contribution in [2.75, 3.05) is 47.5 Å². The highest BCUT2D eigenvalue weighted by atomic mass is 31.2. The molecule has 264 valence electrons. The highest BCUT2D eigenvalue weighted by Crippen LogP contribution is 2.43. The number of allylic oxidation sites excluding steroid dienone is 4. The van der Waals surface area contributed by atoms with Crippen molar-refractivity contribution in [1.82, 2.24) is 0 Å². The first-order chi connectivity index (χ1) is 21.5. The second kappa shape index (κ2) is 28.7. The van der Waals surface area contributed by atoms with Gasteiger partial charge in [0.2, 0.25) is 0 Å². The molecule has 0 aliphatic rings. The number of carbonyl (C=O) groups is 2. The molecule has 0 aliphatic heterocycles. The molecule has 0 fully saturated rings. The summed E-state index contributed by atoms with van der Waals surface area (Å²) in [7, 11) is 1.46. The molecule has 0 aromatic rings. The van der Waals surface area contributed by atoms with Gasteiger partial charge in [0.1, 0.15) is 19.8 Å². The Hall–Kier alpha value is -1.51. The van der Waals surface area contributed by atoms with Crippen LogP contribution in [0.2, 0.25) is 0 Å². The fourth-order valence-corrected chi connectivity index (χ4v) is 5.14. The molecule has 10 heteroatoms. The molecule has 0 saturated carbocycles. The predicted octanol–water partition coefficient (Wildman–Crippen LogP) is 8.85. The van der Waals surface area contributed by atoms with Gasteiger partial charge in [-0.2, -0.15) is 0 Å². The van der Waals surface area contributed by atoms with Crippen molar-refractivity contribution in [3.8, 4) is 0 Å². The maximum absolute atomic E-state index is 12.5. The molecule has 0 amide bonds. The van der Waals surface area contributed by atoms with Crippen LogP contribution in [-0.2, 0) is 32.7 Å². The molecule has 0 radical (unpaired) electrons. The molecule has 0 aromatic heterocycles. The van der Waals surface area contributed by atoms with E-state index in [0.29, 0.717) is 17.4 Å². The number of phosphoric acid groups is 1. The number of nitrogens with zero attached hydrogens (tertiary/aromatic N) is 1. The molecule has 0 rings (SSSR count). The van der Waals surface area contributed by atoms with Gasteiger partial charge in [-0.3, -0.25) is 18.6 Å². The molecule has 2 unspecified atom stereocenters. The average molecular weight is 661 g/mol. The van der Waals surface area contributed by atoms with E-state index in [1.165, 1.54) is 38.5 Å². The summed E-state index contributed by atoms with van der Waals surface area (Å²) in [6, 6.07) is 0. The summed E-state index contributed by atoms with van der Waals surface area (Å²) in [6.45, 7) is 4.28. The quantitative estimate of drug-likeness (QED) is 0.0258. The van der Waals surface area contributed by atoms with Gasteiger partial charge in [-0.1, -0.05) is 109 Å². The topological polar surface area (TPSA) is 108 Å². The van der Waals surface area contributed by atoms with Crippen LogP contribution in [0.5, 0.6) is 0 Å². The number of ether oxygens (including phenoxy) is 2. The fourth-order valence-electron chi connectivity index (χ4n) is 4.40. The summed E-state index contributed by atoms with van der Waals surface area (Å²) in [5.74, 6) is -0.822. The normalized spacial score (nSPS) is 14.2. The Bertz CT molecular complexity index is 840. The van der Waals surface area contributed by atoms with Crippen LogP contribution >= 0.6 is 7.82 Å². The molecule has 0 aromatic carbocycles. The van der Waals surface area contributed by atoms with Gasteiger partial charge in [-0.05, 0) is 38.5 Å². The Balaban J connectivity index is 4.50. The third kappa shape index (κ3) is 32.2. The number of unbranched alkanes of at least 4 members (excludes halogenated alkanes) is 13. The van der Waals surface area contributed by atoms with Gasteiger partial charge in [0.25, 0.3) is 0 Å². The summed E-state index contributed by atoms with van der Waals surface area (Å²) in [5.41, 5.74) is 0. The van der Waals surface area contributed by atoms with Crippen LogP contribution in [-0.4, -0.2) is 74.9 Å². The molecule has 0 spiro atoms. The number of rotatable bonds is 31. The minimum absolute atomic E-state index is 0.0298. The Kier molecular flexibility index (Phi) is 27.7. The number of phosphoric ester groups is 1. The highest BCUT2D eigenvalue weighted by Gasteiger charge is 2.27. The molecular formula is C35H67NO8P+. The largest absolute Gasteiger partial charge is 0.472 e. The first-order valence-corrected chi connectivity index (χ1v) is 19.1. The summed E-state index contributed by atoms with van der Waals surface area (Å²) in [4.78, 5) is 34.9. The second-order valence-corrected chi connectivity index (χ2v) is 14.4. The number of hydrogen-bond donors (Lipinski definition) is 1. The van der Waals surface area contributed by atoms with Gasteiger partial charge in [0.15, 0.2) is 6.10 Å². The van der Waals surface area contributed by atoms with E-state index < -0.39 is 26.5 Å². The van der Waals surface area contributed by atoms with E-state index in [2.05, 4.69) is 38.2 Å². The van der Waals surface area contributed by atoms with E-state index in [1.54, 1.807) is 0 Å². The number of quaternary nitrogens is 1. The molecule has 0 bridgehead atoms. The van der Waals surface area contributed by atoms with Gasteiger partial charge >= 0.3 is 19.8 Å². The van der Waals surface area contributed by atoms with Crippen molar-refractivity contribution in [3.05, 3.63) is 24.3 Å². The zero-order valence-electron chi connectivity index (χ0n) is 29.3. The van der Waals surface area contributed by atoms with Crippen molar-refractivity contribution in [2.24, 2.45) is 0 Å². The van der Waals surface area contributed by atoms with Crippen molar-refractivity contribution in [3.63, 3.8) is 0 Å². The van der Waals surface area contributed by atoms with Crippen LogP contribution in [0.3, 0.4) is 0 Å². The monoisotopic (exact) mass is 660 g/mol. The lowest BCUT2D eigenvalue weighted by molar-refractivity contribution is -0.870. The SMILES string of the molecule is CCC/C=C\C/C=C\CCCCCCCC(=O)OC(COC(=O)CCCCCCCCCC)COP(=O)(O)OCC[N+](C)(C)C. The minimum Gasteiger partial charge on any atom is -0.462 e. The Morgan fingerprint density at radius 2 is 1.24 bits per heavy atom. The summed E-state index contributed by atoms with van der Waals surface area (Å²) < 4.78 is 34.0. The molecule has 0 aliphatic carbocycles. The Morgan fingerprint density at radius 1 is 0.689 bits per heavy atom. The summed E-state index contributed by atoms with van der Waals surface area (Å²) in [5, 5.41) is 0. The van der Waals surface area contributed by atoms with Crippen LogP contribution in [0.1, 0.15) is 136 Å². The van der Waals surface area contributed by atoms with Crippen molar-refractivity contribution in [1.29, 1.82) is 0 Å². The number of hydrogen-bond acceptors (Lipinski definition) is 7. The number of likely N-dealkylation sites (N-methyl/N-ethyl adjacent to an activating group) is 1. The van der Waals surface area contributed by atoms with E-state index in [9.17, 15) is 19.0 Å². The second-order valence-electron chi connectivity index (χ2n) is 12.9. The molecule has 9 nitrogen and oxygen atoms in total. The van der Waals surface area contributed by atoms with Crippen LogP contribution in [0.4, 0.5) is 0 Å². The molecule has 1 N–H and O–H groups in total. The molecule has 45 heavy (non-hydrogen) atoms. The van der Waals surface area contributed by atoms with Gasteiger partial charge in [-0.15, -0.1) is 0 Å². The van der Waals surface area contributed by atoms with Gasteiger partial charge in [-0.25, -0.2) is 4.57 Å². The lowest BCUT2D eigenvalue weighted by Gasteiger charge is -2.24. The Morgan fingerprint density at radius 3 is 1.84 bits per heavy atom. The summed E-state index contributed by atoms with van der Waals surface area (Å²) in [6.07, 6.45) is 26.6. The lowest BCUT2D eigenvalue weighted by Crippen LogP contribution is -2.37.